The van der Waals surface area contributed by atoms with Gasteiger partial charge in [-0.2, -0.15) is 0 Å². The Kier molecular flexibility index (Phi) is 3.39. The van der Waals surface area contributed by atoms with Gasteiger partial charge in [0.05, 0.1) is 5.69 Å². The third-order valence-electron chi connectivity index (χ3n) is 6.33. The van der Waals surface area contributed by atoms with Crippen LogP contribution in [0, 0.1) is 0 Å². The summed E-state index contributed by atoms with van der Waals surface area (Å²) in [6, 6.07) is 17.5. The highest BCUT2D eigenvalue weighted by Gasteiger charge is 2.43. The van der Waals surface area contributed by atoms with Crippen LogP contribution in [-0.2, 0) is 16.6 Å². The number of nitrogens with zero attached hydrogens (tertiary/aromatic N) is 1. The minimum Gasteiger partial charge on any atom is -0.352 e. The molecule has 0 spiro atoms. The summed E-state index contributed by atoms with van der Waals surface area (Å²) in [6.45, 7) is 2.31. The van der Waals surface area contributed by atoms with E-state index in [0.29, 0.717) is 6.42 Å². The molecule has 2 aromatic carbocycles. The zero-order valence-corrected chi connectivity index (χ0v) is 15.0. The fourth-order valence-corrected chi connectivity index (χ4v) is 4.74. The molecule has 3 aromatic rings. The minimum absolute atomic E-state index is 0.0524. The second kappa shape index (κ2) is 5.66. The van der Waals surface area contributed by atoms with Gasteiger partial charge >= 0.3 is 0 Å². The first-order chi connectivity index (χ1) is 12.6. The van der Waals surface area contributed by atoms with Crippen LogP contribution in [0.3, 0.4) is 0 Å². The number of aromatic nitrogens is 1. The highest BCUT2D eigenvalue weighted by Crippen LogP contribution is 2.43. The normalized spacial score (nSPS) is 24.7. The largest absolute Gasteiger partial charge is 0.352 e. The zero-order valence-electron chi connectivity index (χ0n) is 15.0. The van der Waals surface area contributed by atoms with Crippen LogP contribution in [0.2, 0.25) is 0 Å². The number of carbonyl (C=O) groups is 1. The van der Waals surface area contributed by atoms with Gasteiger partial charge < -0.3 is 5.32 Å². The van der Waals surface area contributed by atoms with E-state index in [2.05, 4.69) is 59.7 Å². The topological polar surface area (TPSA) is 42.0 Å². The molecule has 5 rings (SSSR count). The average Bonchev–Trinajstić information content (AvgIpc) is 2.68. The number of hydrogen-bond acceptors (Lipinski definition) is 2. The van der Waals surface area contributed by atoms with Gasteiger partial charge in [0.15, 0.2) is 0 Å². The fraction of sp³-hybridized carbons (Fsp3) is 0.304. The number of nitrogens with one attached hydrogen (secondary N) is 1. The molecular formula is C23H22N2O. The fourth-order valence-electron chi connectivity index (χ4n) is 4.74. The van der Waals surface area contributed by atoms with Crippen LogP contribution >= 0.6 is 0 Å². The first-order valence-corrected chi connectivity index (χ1v) is 9.41. The van der Waals surface area contributed by atoms with E-state index in [1.807, 2.05) is 12.3 Å². The maximum absolute atomic E-state index is 11.8. The lowest BCUT2D eigenvalue weighted by molar-refractivity contribution is -0.125. The molecule has 26 heavy (non-hydrogen) atoms. The maximum atomic E-state index is 11.8. The molecule has 1 amide bonds. The standard InChI is InChI=1S/C23H22N2O/c1-23-11-10-22(26)25-21(23)9-7-16-12-17(6-8-19(16)23)20-13-15-4-2-3-5-18(15)14-24-20/h2-6,8,12-14,21H,7,9-11H2,1H3,(H,25,26)/t21-,23-/m1/s1. The second-order valence-electron chi connectivity index (χ2n) is 7.86. The Morgan fingerprint density at radius 1 is 1.08 bits per heavy atom. The molecule has 1 aromatic heterocycles. The first kappa shape index (κ1) is 15.6. The van der Waals surface area contributed by atoms with Crippen LogP contribution in [-0.4, -0.2) is 16.9 Å². The smallest absolute Gasteiger partial charge is 0.220 e. The lowest BCUT2D eigenvalue weighted by Gasteiger charge is -2.46. The first-order valence-electron chi connectivity index (χ1n) is 9.41. The number of piperidine rings is 1. The highest BCUT2D eigenvalue weighted by atomic mass is 16.1. The van der Waals surface area contributed by atoms with Crippen molar-refractivity contribution in [2.45, 2.75) is 44.1 Å². The van der Waals surface area contributed by atoms with Crippen LogP contribution in [0.5, 0.6) is 0 Å². The Balaban J connectivity index is 1.56. The lowest BCUT2D eigenvalue weighted by Crippen LogP contribution is -2.55. The van der Waals surface area contributed by atoms with Gasteiger partial charge in [0.25, 0.3) is 0 Å². The minimum atomic E-state index is 0.0524. The summed E-state index contributed by atoms with van der Waals surface area (Å²) in [6.07, 6.45) is 5.55. The van der Waals surface area contributed by atoms with Gasteiger partial charge in [-0.25, -0.2) is 0 Å². The van der Waals surface area contributed by atoms with E-state index in [9.17, 15) is 4.79 Å². The van der Waals surface area contributed by atoms with Crippen LogP contribution in [0.4, 0.5) is 0 Å². The van der Waals surface area contributed by atoms with Crippen molar-refractivity contribution in [2.24, 2.45) is 0 Å². The monoisotopic (exact) mass is 342 g/mol. The predicted molar refractivity (Wildman–Crippen MR) is 104 cm³/mol. The molecular weight excluding hydrogens is 320 g/mol. The molecule has 2 heterocycles. The van der Waals surface area contributed by atoms with Gasteiger partial charge in [-0.3, -0.25) is 9.78 Å². The second-order valence-corrected chi connectivity index (χ2v) is 7.86. The number of amides is 1. The predicted octanol–water partition coefficient (Wildman–Crippen LogP) is 4.38. The van der Waals surface area contributed by atoms with Crippen molar-refractivity contribution >= 4 is 16.7 Å². The molecule has 2 aliphatic rings. The molecule has 3 nitrogen and oxygen atoms in total. The van der Waals surface area contributed by atoms with E-state index in [4.69, 9.17) is 0 Å². The average molecular weight is 342 g/mol. The number of hydrogen-bond donors (Lipinski definition) is 1. The van der Waals surface area contributed by atoms with Gasteiger partial charge in [0.2, 0.25) is 5.91 Å². The van der Waals surface area contributed by atoms with E-state index in [1.165, 1.54) is 27.5 Å². The van der Waals surface area contributed by atoms with Crippen LogP contribution in [0.1, 0.15) is 37.3 Å². The van der Waals surface area contributed by atoms with Gasteiger partial charge in [0.1, 0.15) is 0 Å². The number of aryl methyl sites for hydroxylation is 1. The molecule has 1 N–H and O–H groups in total. The molecule has 1 fully saturated rings. The number of fused-ring (bicyclic) bond motifs is 4. The van der Waals surface area contributed by atoms with E-state index < -0.39 is 0 Å². The van der Waals surface area contributed by atoms with Crippen molar-refractivity contribution in [1.29, 1.82) is 0 Å². The molecule has 0 bridgehead atoms. The molecule has 1 aliphatic heterocycles. The Labute approximate surface area is 153 Å². The van der Waals surface area contributed by atoms with Gasteiger partial charge in [0, 0.05) is 35.0 Å². The summed E-state index contributed by atoms with van der Waals surface area (Å²) < 4.78 is 0. The molecule has 1 aliphatic carbocycles. The third kappa shape index (κ3) is 2.34. The Morgan fingerprint density at radius 2 is 1.92 bits per heavy atom. The van der Waals surface area contributed by atoms with E-state index >= 15 is 0 Å². The Hall–Kier alpha value is -2.68. The summed E-state index contributed by atoms with van der Waals surface area (Å²) >= 11 is 0. The van der Waals surface area contributed by atoms with Crippen molar-refractivity contribution < 1.29 is 4.79 Å². The molecule has 0 saturated carbocycles. The lowest BCUT2D eigenvalue weighted by atomic mass is 9.64. The molecule has 0 unspecified atom stereocenters. The summed E-state index contributed by atoms with van der Waals surface area (Å²) in [5.74, 6) is 0.202. The molecule has 1 saturated heterocycles. The molecule has 2 atom stereocenters. The summed E-state index contributed by atoms with van der Waals surface area (Å²) in [5, 5.41) is 5.60. The Bertz CT molecular complexity index is 1030. The van der Waals surface area contributed by atoms with E-state index in [0.717, 1.165) is 25.0 Å². The summed E-state index contributed by atoms with van der Waals surface area (Å²) in [4.78, 5) is 16.5. The molecule has 0 radical (unpaired) electrons. The van der Waals surface area contributed by atoms with Crippen molar-refractivity contribution in [3.63, 3.8) is 0 Å². The van der Waals surface area contributed by atoms with Crippen molar-refractivity contribution in [2.75, 3.05) is 0 Å². The third-order valence-corrected chi connectivity index (χ3v) is 6.33. The maximum Gasteiger partial charge on any atom is 0.220 e. The molecule has 3 heteroatoms. The van der Waals surface area contributed by atoms with Gasteiger partial charge in [-0.15, -0.1) is 0 Å². The zero-order chi connectivity index (χ0) is 17.7. The summed E-state index contributed by atoms with van der Waals surface area (Å²) in [7, 11) is 0. The number of rotatable bonds is 1. The number of carbonyl (C=O) groups excluding carboxylic acids is 1. The summed E-state index contributed by atoms with van der Waals surface area (Å²) in [5.41, 5.74) is 5.06. The van der Waals surface area contributed by atoms with Gasteiger partial charge in [-0.1, -0.05) is 43.3 Å². The quantitative estimate of drug-likeness (QED) is 0.713. The van der Waals surface area contributed by atoms with Crippen molar-refractivity contribution in [3.8, 4) is 11.3 Å². The SMILES string of the molecule is C[C@]12CCC(=O)N[C@@H]1CCc1cc(-c3cc4ccccc4cn3)ccc12. The number of pyridine rings is 1. The number of benzene rings is 2. The molecule has 130 valence electrons. The van der Waals surface area contributed by atoms with Crippen LogP contribution < -0.4 is 5.32 Å². The van der Waals surface area contributed by atoms with E-state index in [-0.39, 0.29) is 17.4 Å². The van der Waals surface area contributed by atoms with Crippen LogP contribution in [0.15, 0.2) is 54.7 Å². The van der Waals surface area contributed by atoms with Gasteiger partial charge in [-0.05, 0) is 47.9 Å². The van der Waals surface area contributed by atoms with Crippen molar-refractivity contribution in [3.05, 3.63) is 65.9 Å². The van der Waals surface area contributed by atoms with Crippen LogP contribution in [0.25, 0.3) is 22.0 Å². The Morgan fingerprint density at radius 3 is 2.81 bits per heavy atom. The highest BCUT2D eigenvalue weighted by molar-refractivity contribution is 5.85. The van der Waals surface area contributed by atoms with E-state index in [1.54, 1.807) is 0 Å². The van der Waals surface area contributed by atoms with Crippen molar-refractivity contribution in [1.82, 2.24) is 10.3 Å².